The normalized spacial score (nSPS) is 11.1. The van der Waals surface area contributed by atoms with Crippen LogP contribution >= 0.6 is 22.9 Å². The largest absolute Gasteiger partial charge is 0.375 e. The third-order valence-corrected chi connectivity index (χ3v) is 4.02. The van der Waals surface area contributed by atoms with Crippen LogP contribution in [0, 0.1) is 0 Å². The Morgan fingerprint density at radius 3 is 2.82 bits per heavy atom. The highest BCUT2D eigenvalue weighted by Gasteiger charge is 2.07. The maximum Gasteiger partial charge on any atom is 0.271 e. The SMILES string of the molecule is Nc1nc2ccc(C(=O)N/N=C\c3ccc(Cl)cc3)cc2s1. The van der Waals surface area contributed by atoms with Gasteiger partial charge >= 0.3 is 0 Å². The van der Waals surface area contributed by atoms with Gasteiger partial charge < -0.3 is 5.73 Å². The highest BCUT2D eigenvalue weighted by atomic mass is 35.5. The Bertz CT molecular complexity index is 858. The molecule has 0 unspecified atom stereocenters. The number of hydrogen-bond acceptors (Lipinski definition) is 5. The minimum Gasteiger partial charge on any atom is -0.375 e. The van der Waals surface area contributed by atoms with Gasteiger partial charge in [-0.05, 0) is 35.9 Å². The molecule has 0 saturated carbocycles. The minimum atomic E-state index is -0.293. The second-order valence-electron chi connectivity index (χ2n) is 4.49. The van der Waals surface area contributed by atoms with E-state index in [1.807, 2.05) is 12.1 Å². The standard InChI is InChI=1S/C15H11ClN4OS/c16-11-4-1-9(2-5-11)8-18-20-14(21)10-3-6-12-13(7-10)22-15(17)19-12/h1-8H,(H2,17,19)(H,20,21)/b18-8-. The van der Waals surface area contributed by atoms with Gasteiger partial charge in [-0.15, -0.1) is 0 Å². The lowest BCUT2D eigenvalue weighted by Gasteiger charge is -1.99. The molecular weight excluding hydrogens is 320 g/mol. The smallest absolute Gasteiger partial charge is 0.271 e. The highest BCUT2D eigenvalue weighted by molar-refractivity contribution is 7.22. The first kappa shape index (κ1) is 14.5. The summed E-state index contributed by atoms with van der Waals surface area (Å²) in [6, 6.07) is 12.3. The first-order valence-electron chi connectivity index (χ1n) is 6.37. The van der Waals surface area contributed by atoms with Crippen LogP contribution < -0.4 is 11.2 Å². The summed E-state index contributed by atoms with van der Waals surface area (Å²) in [5.74, 6) is -0.293. The van der Waals surface area contributed by atoms with Gasteiger partial charge in [-0.1, -0.05) is 35.1 Å². The van der Waals surface area contributed by atoms with E-state index in [9.17, 15) is 4.79 Å². The fraction of sp³-hybridized carbons (Fsp3) is 0. The van der Waals surface area contributed by atoms with E-state index in [1.54, 1.807) is 36.5 Å². The van der Waals surface area contributed by atoms with Crippen LogP contribution in [0.1, 0.15) is 15.9 Å². The quantitative estimate of drug-likeness (QED) is 0.571. The summed E-state index contributed by atoms with van der Waals surface area (Å²) in [6.07, 6.45) is 1.55. The first-order chi connectivity index (χ1) is 10.6. The van der Waals surface area contributed by atoms with Crippen molar-refractivity contribution in [2.24, 2.45) is 5.10 Å². The fourth-order valence-corrected chi connectivity index (χ4v) is 2.76. The Morgan fingerprint density at radius 1 is 1.27 bits per heavy atom. The number of carbonyl (C=O) groups excluding carboxylic acids is 1. The molecule has 1 heterocycles. The van der Waals surface area contributed by atoms with E-state index in [2.05, 4.69) is 15.5 Å². The molecule has 7 heteroatoms. The molecular formula is C15H11ClN4OS. The van der Waals surface area contributed by atoms with Crippen molar-refractivity contribution in [3.8, 4) is 0 Å². The van der Waals surface area contributed by atoms with Crippen molar-refractivity contribution in [3.05, 3.63) is 58.6 Å². The van der Waals surface area contributed by atoms with Crippen LogP contribution in [0.15, 0.2) is 47.6 Å². The molecule has 0 aliphatic rings. The predicted molar refractivity (Wildman–Crippen MR) is 90.5 cm³/mol. The lowest BCUT2D eigenvalue weighted by Crippen LogP contribution is -2.17. The van der Waals surface area contributed by atoms with Gasteiger partial charge in [0.05, 0.1) is 16.4 Å². The molecule has 0 saturated heterocycles. The molecule has 0 spiro atoms. The number of aromatic nitrogens is 1. The van der Waals surface area contributed by atoms with Crippen molar-refractivity contribution in [1.82, 2.24) is 10.4 Å². The summed E-state index contributed by atoms with van der Waals surface area (Å²) in [5, 5.41) is 5.06. The summed E-state index contributed by atoms with van der Waals surface area (Å²) in [5.41, 5.74) is 10.3. The van der Waals surface area contributed by atoms with Gasteiger partial charge in [0, 0.05) is 10.6 Å². The number of halogens is 1. The van der Waals surface area contributed by atoms with Crippen molar-refractivity contribution in [3.63, 3.8) is 0 Å². The Kier molecular flexibility index (Phi) is 4.04. The number of hydrogen-bond donors (Lipinski definition) is 2. The topological polar surface area (TPSA) is 80.4 Å². The molecule has 0 bridgehead atoms. The number of carbonyl (C=O) groups is 1. The number of rotatable bonds is 3. The number of nitrogens with one attached hydrogen (secondary N) is 1. The predicted octanol–water partition coefficient (Wildman–Crippen LogP) is 3.30. The van der Waals surface area contributed by atoms with Crippen molar-refractivity contribution < 1.29 is 4.79 Å². The number of anilines is 1. The highest BCUT2D eigenvalue weighted by Crippen LogP contribution is 2.24. The molecule has 22 heavy (non-hydrogen) atoms. The van der Waals surface area contributed by atoms with Crippen LogP contribution in [0.4, 0.5) is 5.13 Å². The number of thiazole rings is 1. The van der Waals surface area contributed by atoms with Crippen LogP contribution in [0.3, 0.4) is 0 Å². The number of fused-ring (bicyclic) bond motifs is 1. The number of amides is 1. The van der Waals surface area contributed by atoms with Crippen LogP contribution in [-0.4, -0.2) is 17.1 Å². The van der Waals surface area contributed by atoms with Gasteiger partial charge in [-0.3, -0.25) is 4.79 Å². The van der Waals surface area contributed by atoms with Gasteiger partial charge in [-0.2, -0.15) is 5.10 Å². The molecule has 1 amide bonds. The zero-order valence-corrected chi connectivity index (χ0v) is 12.9. The Morgan fingerprint density at radius 2 is 2.05 bits per heavy atom. The third-order valence-electron chi connectivity index (χ3n) is 2.92. The number of hydrazone groups is 1. The molecule has 0 radical (unpaired) electrons. The molecule has 2 aromatic carbocycles. The molecule has 0 atom stereocenters. The molecule has 110 valence electrons. The lowest BCUT2D eigenvalue weighted by atomic mass is 10.2. The molecule has 3 N–H and O–H groups in total. The van der Waals surface area contributed by atoms with Gasteiger partial charge in [0.15, 0.2) is 5.13 Å². The molecule has 0 fully saturated rings. The van der Waals surface area contributed by atoms with E-state index >= 15 is 0 Å². The van der Waals surface area contributed by atoms with Gasteiger partial charge in [0.25, 0.3) is 5.91 Å². The number of nitrogens with two attached hydrogens (primary N) is 1. The number of nitrogen functional groups attached to an aromatic ring is 1. The minimum absolute atomic E-state index is 0.293. The zero-order chi connectivity index (χ0) is 15.5. The van der Waals surface area contributed by atoms with Crippen LogP contribution in [0.25, 0.3) is 10.2 Å². The Balaban J connectivity index is 1.71. The maximum atomic E-state index is 12.0. The van der Waals surface area contributed by atoms with Gasteiger partial charge in [-0.25, -0.2) is 10.4 Å². The van der Waals surface area contributed by atoms with Crippen LogP contribution in [0.2, 0.25) is 5.02 Å². The zero-order valence-electron chi connectivity index (χ0n) is 11.3. The molecule has 0 aliphatic carbocycles. The van der Waals surface area contributed by atoms with Gasteiger partial charge in [0.2, 0.25) is 0 Å². The summed E-state index contributed by atoms with van der Waals surface area (Å²) in [6.45, 7) is 0. The Hall–Kier alpha value is -2.44. The van der Waals surface area contributed by atoms with E-state index < -0.39 is 0 Å². The first-order valence-corrected chi connectivity index (χ1v) is 7.56. The van der Waals surface area contributed by atoms with E-state index in [1.165, 1.54) is 11.3 Å². The monoisotopic (exact) mass is 330 g/mol. The summed E-state index contributed by atoms with van der Waals surface area (Å²) in [7, 11) is 0. The van der Waals surface area contributed by atoms with Crippen LogP contribution in [-0.2, 0) is 0 Å². The van der Waals surface area contributed by atoms with Crippen molar-refractivity contribution in [1.29, 1.82) is 0 Å². The number of benzene rings is 2. The molecule has 0 aliphatic heterocycles. The summed E-state index contributed by atoms with van der Waals surface area (Å²) in [4.78, 5) is 16.2. The molecule has 1 aromatic heterocycles. The van der Waals surface area contributed by atoms with Crippen molar-refractivity contribution in [2.75, 3.05) is 5.73 Å². The Labute approximate surface area is 135 Å². The van der Waals surface area contributed by atoms with E-state index in [4.69, 9.17) is 17.3 Å². The second kappa shape index (κ2) is 6.13. The van der Waals surface area contributed by atoms with E-state index in [0.29, 0.717) is 15.7 Å². The van der Waals surface area contributed by atoms with Crippen LogP contribution in [0.5, 0.6) is 0 Å². The molecule has 3 rings (SSSR count). The fourth-order valence-electron chi connectivity index (χ4n) is 1.86. The van der Waals surface area contributed by atoms with Crippen molar-refractivity contribution >= 4 is 50.4 Å². The van der Waals surface area contributed by atoms with E-state index in [-0.39, 0.29) is 5.91 Å². The molecule has 3 aromatic rings. The lowest BCUT2D eigenvalue weighted by molar-refractivity contribution is 0.0955. The van der Waals surface area contributed by atoms with Crippen molar-refractivity contribution in [2.45, 2.75) is 0 Å². The average Bonchev–Trinajstić information content (AvgIpc) is 2.88. The second-order valence-corrected chi connectivity index (χ2v) is 5.98. The van der Waals surface area contributed by atoms with E-state index in [0.717, 1.165) is 15.8 Å². The summed E-state index contributed by atoms with van der Waals surface area (Å²) >= 11 is 7.14. The summed E-state index contributed by atoms with van der Waals surface area (Å²) < 4.78 is 0.867. The molecule has 5 nitrogen and oxygen atoms in total. The number of nitrogens with zero attached hydrogens (tertiary/aromatic N) is 2. The maximum absolute atomic E-state index is 12.0. The third kappa shape index (κ3) is 3.24. The average molecular weight is 331 g/mol. The van der Waals surface area contributed by atoms with Gasteiger partial charge in [0.1, 0.15) is 0 Å².